The molecule has 116 valence electrons. The number of hydrogen-bond acceptors (Lipinski definition) is 2. The SMILES string of the molecule is C[C@@H](CCc1ccccc1)CC(=O)NCC(C)(C)C(N)=O. The van der Waals surface area contributed by atoms with Gasteiger partial charge in [0.05, 0.1) is 5.41 Å². The normalized spacial score (nSPS) is 12.7. The van der Waals surface area contributed by atoms with Gasteiger partial charge in [0.1, 0.15) is 0 Å². The molecule has 1 atom stereocenters. The van der Waals surface area contributed by atoms with Gasteiger partial charge in [-0.2, -0.15) is 0 Å². The standard InChI is InChI=1S/C17H26N2O2/c1-13(9-10-14-7-5-4-6-8-14)11-15(20)19-12-17(2,3)16(18)21/h4-8,13H,9-12H2,1-3H3,(H2,18,21)(H,19,20)/t13-/m0/s1. The Morgan fingerprint density at radius 2 is 1.86 bits per heavy atom. The molecule has 0 aromatic heterocycles. The fraction of sp³-hybridized carbons (Fsp3) is 0.529. The third-order valence-electron chi connectivity index (χ3n) is 3.70. The summed E-state index contributed by atoms with van der Waals surface area (Å²) in [5.74, 6) is -0.119. The molecule has 3 N–H and O–H groups in total. The van der Waals surface area contributed by atoms with E-state index in [1.165, 1.54) is 5.56 Å². The second-order valence-electron chi connectivity index (χ2n) is 6.36. The lowest BCUT2D eigenvalue weighted by Crippen LogP contribution is -2.42. The van der Waals surface area contributed by atoms with Gasteiger partial charge in [0.15, 0.2) is 0 Å². The summed E-state index contributed by atoms with van der Waals surface area (Å²) >= 11 is 0. The number of aryl methyl sites for hydroxylation is 1. The predicted molar refractivity (Wildman–Crippen MR) is 84.5 cm³/mol. The number of nitrogens with two attached hydrogens (primary N) is 1. The number of carbonyl (C=O) groups is 2. The lowest BCUT2D eigenvalue weighted by atomic mass is 9.92. The molecule has 4 heteroatoms. The molecule has 0 radical (unpaired) electrons. The maximum absolute atomic E-state index is 11.9. The largest absolute Gasteiger partial charge is 0.369 e. The molecule has 0 aliphatic heterocycles. The van der Waals surface area contributed by atoms with E-state index in [2.05, 4.69) is 24.4 Å². The summed E-state index contributed by atoms with van der Waals surface area (Å²) in [4.78, 5) is 23.1. The van der Waals surface area contributed by atoms with Gasteiger partial charge in [0.25, 0.3) is 0 Å². The van der Waals surface area contributed by atoms with E-state index in [4.69, 9.17) is 5.73 Å². The van der Waals surface area contributed by atoms with Crippen LogP contribution in [0.5, 0.6) is 0 Å². The average molecular weight is 290 g/mol. The summed E-state index contributed by atoms with van der Waals surface area (Å²) in [6, 6.07) is 10.3. The van der Waals surface area contributed by atoms with Gasteiger partial charge in [0.2, 0.25) is 11.8 Å². The van der Waals surface area contributed by atoms with Crippen LogP contribution < -0.4 is 11.1 Å². The molecule has 4 nitrogen and oxygen atoms in total. The third kappa shape index (κ3) is 6.43. The van der Waals surface area contributed by atoms with E-state index in [-0.39, 0.29) is 12.5 Å². The molecule has 0 bridgehead atoms. The summed E-state index contributed by atoms with van der Waals surface area (Å²) in [6.45, 7) is 5.82. The van der Waals surface area contributed by atoms with E-state index in [1.54, 1.807) is 13.8 Å². The smallest absolute Gasteiger partial charge is 0.224 e. The third-order valence-corrected chi connectivity index (χ3v) is 3.70. The molecule has 1 rings (SSSR count). The number of rotatable bonds is 8. The van der Waals surface area contributed by atoms with E-state index >= 15 is 0 Å². The molecular formula is C17H26N2O2. The number of benzene rings is 1. The first-order chi connectivity index (χ1) is 9.81. The van der Waals surface area contributed by atoms with Crippen LogP contribution in [0.2, 0.25) is 0 Å². The van der Waals surface area contributed by atoms with Crippen LogP contribution in [0, 0.1) is 11.3 Å². The highest BCUT2D eigenvalue weighted by Crippen LogP contribution is 2.14. The van der Waals surface area contributed by atoms with Crippen LogP contribution in [-0.4, -0.2) is 18.4 Å². The topological polar surface area (TPSA) is 72.2 Å². The summed E-state index contributed by atoms with van der Waals surface area (Å²) < 4.78 is 0. The number of primary amides is 1. The number of nitrogens with one attached hydrogen (secondary N) is 1. The summed E-state index contributed by atoms with van der Waals surface area (Å²) in [5.41, 5.74) is 5.87. The van der Waals surface area contributed by atoms with Crippen LogP contribution in [0.1, 0.15) is 39.2 Å². The molecule has 1 aromatic rings. The molecule has 0 unspecified atom stereocenters. The van der Waals surface area contributed by atoms with Crippen molar-refractivity contribution in [3.63, 3.8) is 0 Å². The highest BCUT2D eigenvalue weighted by Gasteiger charge is 2.25. The van der Waals surface area contributed by atoms with Crippen LogP contribution in [0.25, 0.3) is 0 Å². The Labute approximate surface area is 127 Å². The monoisotopic (exact) mass is 290 g/mol. The van der Waals surface area contributed by atoms with Crippen LogP contribution in [0.4, 0.5) is 0 Å². The van der Waals surface area contributed by atoms with Crippen molar-refractivity contribution in [2.45, 2.75) is 40.0 Å². The molecule has 0 heterocycles. The van der Waals surface area contributed by atoms with Crippen molar-refractivity contribution in [1.29, 1.82) is 0 Å². The van der Waals surface area contributed by atoms with Gasteiger partial charge in [-0.1, -0.05) is 37.3 Å². The molecular weight excluding hydrogens is 264 g/mol. The number of carbonyl (C=O) groups excluding carboxylic acids is 2. The maximum Gasteiger partial charge on any atom is 0.224 e. The highest BCUT2D eigenvalue weighted by molar-refractivity contribution is 5.82. The fourth-order valence-electron chi connectivity index (χ4n) is 1.96. The molecule has 0 fully saturated rings. The summed E-state index contributed by atoms with van der Waals surface area (Å²) in [6.07, 6.45) is 2.42. The first kappa shape index (κ1) is 17.2. The van der Waals surface area contributed by atoms with E-state index in [0.717, 1.165) is 12.8 Å². The maximum atomic E-state index is 11.9. The van der Waals surface area contributed by atoms with Crippen molar-refractivity contribution in [3.8, 4) is 0 Å². The van der Waals surface area contributed by atoms with Gasteiger partial charge in [-0.25, -0.2) is 0 Å². The van der Waals surface area contributed by atoms with Gasteiger partial charge < -0.3 is 11.1 Å². The van der Waals surface area contributed by atoms with Crippen molar-refractivity contribution in [2.75, 3.05) is 6.54 Å². The Morgan fingerprint density at radius 3 is 2.43 bits per heavy atom. The lowest BCUT2D eigenvalue weighted by Gasteiger charge is -2.21. The van der Waals surface area contributed by atoms with Crippen LogP contribution in [-0.2, 0) is 16.0 Å². The van der Waals surface area contributed by atoms with E-state index in [1.807, 2.05) is 18.2 Å². The minimum atomic E-state index is -0.705. The van der Waals surface area contributed by atoms with E-state index in [0.29, 0.717) is 12.3 Å². The number of amides is 2. The first-order valence-corrected chi connectivity index (χ1v) is 7.42. The van der Waals surface area contributed by atoms with Crippen molar-refractivity contribution >= 4 is 11.8 Å². The van der Waals surface area contributed by atoms with Crippen molar-refractivity contribution in [3.05, 3.63) is 35.9 Å². The fourth-order valence-corrected chi connectivity index (χ4v) is 1.96. The Morgan fingerprint density at radius 1 is 1.24 bits per heavy atom. The zero-order valence-corrected chi connectivity index (χ0v) is 13.2. The van der Waals surface area contributed by atoms with Crippen molar-refractivity contribution < 1.29 is 9.59 Å². The summed E-state index contributed by atoms with van der Waals surface area (Å²) in [5, 5.41) is 2.79. The zero-order valence-electron chi connectivity index (χ0n) is 13.2. The minimum Gasteiger partial charge on any atom is -0.369 e. The van der Waals surface area contributed by atoms with Crippen LogP contribution in [0.15, 0.2) is 30.3 Å². The second kappa shape index (κ2) is 7.81. The van der Waals surface area contributed by atoms with E-state index in [9.17, 15) is 9.59 Å². The molecule has 0 aliphatic carbocycles. The van der Waals surface area contributed by atoms with Crippen molar-refractivity contribution in [2.24, 2.45) is 17.1 Å². The van der Waals surface area contributed by atoms with Gasteiger partial charge in [-0.15, -0.1) is 0 Å². The average Bonchev–Trinajstić information content (AvgIpc) is 2.44. The first-order valence-electron chi connectivity index (χ1n) is 7.42. The Kier molecular flexibility index (Phi) is 6.40. The Balaban J connectivity index is 2.29. The van der Waals surface area contributed by atoms with Gasteiger partial charge in [-0.05, 0) is 38.2 Å². The molecule has 2 amide bonds. The Bertz CT molecular complexity index is 469. The quantitative estimate of drug-likeness (QED) is 0.771. The molecule has 0 aliphatic rings. The molecule has 1 aromatic carbocycles. The van der Waals surface area contributed by atoms with Gasteiger partial charge >= 0.3 is 0 Å². The summed E-state index contributed by atoms with van der Waals surface area (Å²) in [7, 11) is 0. The molecule has 0 saturated heterocycles. The predicted octanol–water partition coefficient (Wildman–Crippen LogP) is 2.27. The minimum absolute atomic E-state index is 0.0233. The van der Waals surface area contributed by atoms with Gasteiger partial charge in [0, 0.05) is 13.0 Å². The highest BCUT2D eigenvalue weighted by atomic mass is 16.2. The van der Waals surface area contributed by atoms with Crippen molar-refractivity contribution in [1.82, 2.24) is 5.32 Å². The molecule has 21 heavy (non-hydrogen) atoms. The zero-order chi connectivity index (χ0) is 15.9. The van der Waals surface area contributed by atoms with Crippen LogP contribution >= 0.6 is 0 Å². The van der Waals surface area contributed by atoms with Gasteiger partial charge in [-0.3, -0.25) is 9.59 Å². The second-order valence-corrected chi connectivity index (χ2v) is 6.36. The number of hydrogen-bond donors (Lipinski definition) is 2. The molecule has 0 spiro atoms. The van der Waals surface area contributed by atoms with E-state index < -0.39 is 11.3 Å². The Hall–Kier alpha value is -1.84. The molecule has 0 saturated carbocycles. The lowest BCUT2D eigenvalue weighted by molar-refractivity contribution is -0.127. The van der Waals surface area contributed by atoms with Crippen LogP contribution in [0.3, 0.4) is 0 Å².